The predicted molar refractivity (Wildman–Crippen MR) is 344 cm³/mol. The van der Waals surface area contributed by atoms with E-state index in [1.54, 1.807) is 28.0 Å². The molecule has 3 aliphatic rings. The fourth-order valence-corrected chi connectivity index (χ4v) is 12.2. The molecule has 3 saturated heterocycles. The van der Waals surface area contributed by atoms with E-state index < -0.39 is 60.0 Å². The second kappa shape index (κ2) is 38.9. The number of fused-ring (bicyclic) bond motifs is 1. The van der Waals surface area contributed by atoms with Crippen LogP contribution in [0.15, 0.2) is 54.7 Å². The number of aromatic nitrogens is 1. The zero-order valence-corrected chi connectivity index (χ0v) is 54.6. The van der Waals surface area contributed by atoms with E-state index in [2.05, 4.69) is 48.8 Å². The number of carbonyl (C=O) groups excluding carboxylic acids is 8. The van der Waals surface area contributed by atoms with Gasteiger partial charge in [-0.3, -0.25) is 67.7 Å². The molecule has 6 rings (SSSR count). The highest BCUT2D eigenvalue weighted by atomic mass is 127. The molecule has 0 saturated carbocycles. The van der Waals surface area contributed by atoms with Crippen molar-refractivity contribution >= 4 is 99.6 Å². The van der Waals surface area contributed by atoms with Crippen LogP contribution in [0.4, 0.5) is 4.39 Å². The number of aliphatic carboxylic acids is 1. The van der Waals surface area contributed by atoms with Crippen molar-refractivity contribution in [3.05, 3.63) is 69.4 Å². The van der Waals surface area contributed by atoms with E-state index in [0.717, 1.165) is 46.1 Å². The molecule has 3 fully saturated rings. The van der Waals surface area contributed by atoms with Gasteiger partial charge in [-0.15, -0.1) is 0 Å². The van der Waals surface area contributed by atoms with E-state index in [-0.39, 0.29) is 95.2 Å². The number of nitrogens with zero attached hydrogens (tertiary/aromatic N) is 8. The molecule has 498 valence electrons. The third-order valence-electron chi connectivity index (χ3n) is 16.1. The number of likely N-dealkylation sites (tertiary alicyclic amines) is 2. The van der Waals surface area contributed by atoms with Crippen molar-refractivity contribution in [1.29, 1.82) is 5.26 Å². The number of ether oxygens (including phenoxy) is 3. The summed E-state index contributed by atoms with van der Waals surface area (Å²) >= 11 is 3.54. The van der Waals surface area contributed by atoms with Gasteiger partial charge in [0.2, 0.25) is 23.6 Å². The first-order valence-corrected chi connectivity index (χ1v) is 33.1. The third-order valence-corrected chi connectivity index (χ3v) is 17.9. The minimum atomic E-state index is -1.68. The molecule has 91 heavy (non-hydrogen) atoms. The van der Waals surface area contributed by atoms with Crippen LogP contribution in [0.25, 0.3) is 10.9 Å². The van der Waals surface area contributed by atoms with Crippen LogP contribution in [0, 0.1) is 20.8 Å². The van der Waals surface area contributed by atoms with Crippen molar-refractivity contribution in [1.82, 2.24) is 55.7 Å². The fraction of sp³-hybridized carbons (Fsp3) is 0.597. The molecule has 0 bridgehead atoms. The molecule has 0 radical (unpaired) electrons. The number of carboxylic acids is 1. The SMILES string of the molecule is CC1(F)C[C@H](C#N)N(C(=O)CNC(=O)c2ccnc3ccc(OCCCC4CCN(C(=O)[C@H](O)CSCCNC(=O)C(CCCNC(=O)CCCc5ccc(I)cc5)NC(=O)CN5CCN(COC=O)CCN(COC=O)CCN(CC(=O)O)CC5)CC4)cc23)C1. The maximum Gasteiger partial charge on any atom is 0.317 e. The number of hydrogen-bond acceptors (Lipinski definition) is 20. The lowest BCUT2D eigenvalue weighted by Crippen LogP contribution is -2.52. The molecular formula is C62H86FIN12O14S. The summed E-state index contributed by atoms with van der Waals surface area (Å²) in [7, 11) is 0. The molecule has 3 aliphatic heterocycles. The van der Waals surface area contributed by atoms with Crippen LogP contribution in [0.5, 0.6) is 5.75 Å². The summed E-state index contributed by atoms with van der Waals surface area (Å²) in [6.45, 7) is 5.40. The first-order chi connectivity index (χ1) is 43.8. The average Bonchev–Trinajstić information content (AvgIpc) is 2.03. The van der Waals surface area contributed by atoms with Crippen molar-refractivity contribution in [2.45, 2.75) is 95.0 Å². The van der Waals surface area contributed by atoms with E-state index >= 15 is 0 Å². The van der Waals surface area contributed by atoms with Crippen molar-refractivity contribution in [3.63, 3.8) is 0 Å². The Balaban J connectivity index is 0.934. The molecular weight excluding hydrogens is 1310 g/mol. The number of aryl methyl sites for hydroxylation is 1. The molecule has 6 amide bonds. The molecule has 0 aliphatic carbocycles. The lowest BCUT2D eigenvalue weighted by Gasteiger charge is -2.33. The number of pyridine rings is 1. The number of nitrogens with one attached hydrogen (secondary N) is 4. The number of aliphatic hydroxyl groups is 1. The molecule has 4 atom stereocenters. The maximum absolute atomic E-state index is 14.6. The number of alkyl halides is 1. The van der Waals surface area contributed by atoms with Crippen LogP contribution >= 0.6 is 34.4 Å². The molecule has 0 spiro atoms. The molecule has 6 N–H and O–H groups in total. The zero-order valence-electron chi connectivity index (χ0n) is 51.6. The first-order valence-electron chi connectivity index (χ1n) is 30.9. The van der Waals surface area contributed by atoms with Gasteiger partial charge in [0.1, 0.15) is 43.1 Å². The Morgan fingerprint density at radius 1 is 0.835 bits per heavy atom. The minimum absolute atomic E-state index is 0.0144. The average molecular weight is 1400 g/mol. The Bertz CT molecular complexity index is 2920. The van der Waals surface area contributed by atoms with Gasteiger partial charge in [-0.1, -0.05) is 12.1 Å². The summed E-state index contributed by atoms with van der Waals surface area (Å²) in [5, 5.41) is 41.9. The standard InChI is InChI=1S/C62H86FIN12O14S/c1-62(63)34-48(35-65)76(40-62)57(82)36-69-59(85)50-15-19-66-52-14-13-49(33-51(50)52)90-31-4-6-46-16-21-75(22-17-46)61(87)54(79)39-91-32-20-68-60(86)53(7-3-18-67-55(80)8-2-5-45-9-11-47(64)12-10-45)70-56(81)37-71-23-24-72(38-58(83)84)26-28-74(42-89-44-78)30-29-73(27-25-71)41-88-43-77/h9-15,19,33,43-44,46,48,53-54,79H,2-8,16-18,20-32,34,36-42H2,1H3,(H,67,80)(H,68,86)(H,69,85)(H,70,81)(H,83,84)/t48-,53?,54-,62?/m1/s1. The van der Waals surface area contributed by atoms with Gasteiger partial charge in [0.15, 0.2) is 0 Å². The number of halogens is 2. The summed E-state index contributed by atoms with van der Waals surface area (Å²) < 4.78 is 31.8. The summed E-state index contributed by atoms with van der Waals surface area (Å²) in [5.74, 6) is -2.21. The highest BCUT2D eigenvalue weighted by Gasteiger charge is 2.43. The second-order valence-corrected chi connectivity index (χ2v) is 25.6. The second-order valence-electron chi connectivity index (χ2n) is 23.2. The highest BCUT2D eigenvalue weighted by molar-refractivity contribution is 14.1. The monoisotopic (exact) mass is 1400 g/mol. The first kappa shape index (κ1) is 73.2. The Kier molecular flexibility index (Phi) is 31.3. The van der Waals surface area contributed by atoms with Crippen molar-refractivity contribution in [2.24, 2.45) is 5.92 Å². The zero-order chi connectivity index (χ0) is 65.5. The number of rotatable bonds is 34. The van der Waals surface area contributed by atoms with Gasteiger partial charge < -0.3 is 55.5 Å². The lowest BCUT2D eigenvalue weighted by molar-refractivity contribution is -0.140. The number of carbonyl (C=O) groups is 9. The number of carboxylic acid groups (broad SMARTS) is 1. The number of hydrogen-bond donors (Lipinski definition) is 6. The van der Waals surface area contributed by atoms with Gasteiger partial charge in [0.25, 0.3) is 24.8 Å². The largest absolute Gasteiger partial charge is 0.494 e. The van der Waals surface area contributed by atoms with Crippen LogP contribution in [0.3, 0.4) is 0 Å². The number of amides is 6. The van der Waals surface area contributed by atoms with Crippen molar-refractivity contribution in [3.8, 4) is 11.8 Å². The number of benzene rings is 2. The smallest absolute Gasteiger partial charge is 0.317 e. The van der Waals surface area contributed by atoms with E-state index in [9.17, 15) is 63.0 Å². The molecule has 26 nitrogen and oxygen atoms in total. The number of aliphatic hydroxyl groups excluding tert-OH is 1. The topological polar surface area (TPSA) is 326 Å². The lowest BCUT2D eigenvalue weighted by atomic mass is 9.92. The van der Waals surface area contributed by atoms with Gasteiger partial charge in [-0.2, -0.15) is 17.0 Å². The van der Waals surface area contributed by atoms with Crippen LogP contribution in [0.1, 0.15) is 80.6 Å². The Morgan fingerprint density at radius 3 is 2.14 bits per heavy atom. The molecule has 2 aromatic carbocycles. The predicted octanol–water partition coefficient (Wildman–Crippen LogP) is 2.00. The van der Waals surface area contributed by atoms with Gasteiger partial charge in [-0.05, 0) is 129 Å². The number of thioether (sulfide) groups is 1. The van der Waals surface area contributed by atoms with Gasteiger partial charge in [-0.25, -0.2) is 4.39 Å². The highest BCUT2D eigenvalue weighted by Crippen LogP contribution is 2.30. The van der Waals surface area contributed by atoms with Crippen molar-refractivity contribution in [2.75, 3.05) is 136 Å². The quantitative estimate of drug-likeness (QED) is 0.0283. The van der Waals surface area contributed by atoms with Crippen LogP contribution < -0.4 is 26.0 Å². The Hall–Kier alpha value is -6.82. The third kappa shape index (κ3) is 26.0. The summed E-state index contributed by atoms with van der Waals surface area (Å²) in [5.41, 5.74) is 0.274. The molecule has 4 heterocycles. The normalized spacial score (nSPS) is 19.0. The summed E-state index contributed by atoms with van der Waals surface area (Å²) in [4.78, 5) is 129. The Morgan fingerprint density at radius 2 is 1.49 bits per heavy atom. The van der Waals surface area contributed by atoms with Crippen LogP contribution in [-0.2, 0) is 54.3 Å². The van der Waals surface area contributed by atoms with Gasteiger partial charge in [0, 0.05) is 118 Å². The minimum Gasteiger partial charge on any atom is -0.494 e. The molecule has 3 aromatic rings. The van der Waals surface area contributed by atoms with E-state index in [1.807, 2.05) is 45.0 Å². The van der Waals surface area contributed by atoms with E-state index in [4.69, 9.17) is 14.2 Å². The molecule has 29 heteroatoms. The Labute approximate surface area is 548 Å². The van der Waals surface area contributed by atoms with E-state index in [1.165, 1.54) is 30.9 Å². The summed E-state index contributed by atoms with van der Waals surface area (Å²) in [6, 6.07) is 14.9. The summed E-state index contributed by atoms with van der Waals surface area (Å²) in [6.07, 6.45) is 5.51. The maximum atomic E-state index is 14.6. The number of nitriles is 1. The fourth-order valence-electron chi connectivity index (χ4n) is 11.1. The van der Waals surface area contributed by atoms with Crippen LogP contribution in [-0.4, -0.2) is 259 Å². The van der Waals surface area contributed by atoms with Gasteiger partial charge >= 0.3 is 5.97 Å². The molecule has 2 unspecified atom stereocenters. The van der Waals surface area contributed by atoms with Gasteiger partial charge in [0.05, 0.1) is 49.9 Å². The van der Waals surface area contributed by atoms with Crippen LogP contribution in [0.2, 0.25) is 0 Å². The molecule has 1 aromatic heterocycles. The van der Waals surface area contributed by atoms with E-state index in [0.29, 0.717) is 119 Å². The van der Waals surface area contributed by atoms with Crippen molar-refractivity contribution < 1.29 is 72.0 Å². The number of piperidine rings is 1.